The summed E-state index contributed by atoms with van der Waals surface area (Å²) >= 11 is 10.4. The van der Waals surface area contributed by atoms with Crippen LogP contribution >= 0.6 is 39.3 Å². The number of para-hydroxylation sites is 1. The molecule has 0 saturated carbocycles. The minimum atomic E-state index is -0.477. The number of benzene rings is 4. The van der Waals surface area contributed by atoms with Crippen LogP contribution in [-0.2, 0) is 4.79 Å². The van der Waals surface area contributed by atoms with Crippen LogP contribution in [0.4, 0.5) is 4.79 Å². The molecule has 0 aliphatic carbocycles. The summed E-state index contributed by atoms with van der Waals surface area (Å²) < 4.78 is 11.8. The van der Waals surface area contributed by atoms with Gasteiger partial charge in [0, 0.05) is 0 Å². The first-order chi connectivity index (χ1) is 18.4. The van der Waals surface area contributed by atoms with Crippen LogP contribution in [0.2, 0.25) is 5.02 Å². The average molecular weight is 609 g/mol. The molecule has 0 unspecified atom stereocenters. The number of nitrogens with zero attached hydrogens (tertiary/aromatic N) is 1. The van der Waals surface area contributed by atoms with E-state index in [9.17, 15) is 14.4 Å². The van der Waals surface area contributed by atoms with Gasteiger partial charge in [0.2, 0.25) is 0 Å². The van der Waals surface area contributed by atoms with Gasteiger partial charge in [0.05, 0.1) is 26.5 Å². The summed E-state index contributed by atoms with van der Waals surface area (Å²) in [6.45, 7) is 0.220. The second-order valence-corrected chi connectivity index (χ2v) is 10.5. The van der Waals surface area contributed by atoms with E-state index in [1.165, 1.54) is 0 Å². The molecule has 6 nitrogen and oxygen atoms in total. The van der Waals surface area contributed by atoms with E-state index >= 15 is 0 Å². The SMILES string of the molecule is O=C(Oc1ccc(/C=C2\SC(=O)N(CCOc3ccccc3Cl)C2=O)cc1Br)c1cccc2ccccc12. The van der Waals surface area contributed by atoms with Crippen molar-refractivity contribution in [1.82, 2.24) is 4.90 Å². The highest BCUT2D eigenvalue weighted by Crippen LogP contribution is 2.34. The molecule has 1 saturated heterocycles. The Morgan fingerprint density at radius 3 is 2.53 bits per heavy atom. The van der Waals surface area contributed by atoms with Crippen LogP contribution in [0.25, 0.3) is 16.8 Å². The number of carbonyl (C=O) groups is 3. The molecule has 9 heteroatoms. The monoisotopic (exact) mass is 607 g/mol. The predicted molar refractivity (Wildman–Crippen MR) is 153 cm³/mol. The van der Waals surface area contributed by atoms with Crippen LogP contribution < -0.4 is 9.47 Å². The molecule has 0 bridgehead atoms. The van der Waals surface area contributed by atoms with Crippen LogP contribution in [0.15, 0.2) is 94.3 Å². The van der Waals surface area contributed by atoms with Gasteiger partial charge >= 0.3 is 5.97 Å². The van der Waals surface area contributed by atoms with E-state index in [0.29, 0.717) is 37.0 Å². The van der Waals surface area contributed by atoms with E-state index in [1.54, 1.807) is 54.6 Å². The number of halogens is 2. The fourth-order valence-electron chi connectivity index (χ4n) is 3.90. The average Bonchev–Trinajstić information content (AvgIpc) is 3.18. The van der Waals surface area contributed by atoms with E-state index in [-0.39, 0.29) is 18.4 Å². The minimum absolute atomic E-state index is 0.0972. The van der Waals surface area contributed by atoms with Gasteiger partial charge in [-0.25, -0.2) is 4.79 Å². The van der Waals surface area contributed by atoms with Crippen molar-refractivity contribution in [3.63, 3.8) is 0 Å². The van der Waals surface area contributed by atoms with Gasteiger partial charge in [-0.05, 0) is 80.4 Å². The van der Waals surface area contributed by atoms with Gasteiger partial charge in [-0.15, -0.1) is 0 Å². The van der Waals surface area contributed by atoms with Crippen molar-refractivity contribution in [3.8, 4) is 11.5 Å². The van der Waals surface area contributed by atoms with Crippen LogP contribution in [0.5, 0.6) is 11.5 Å². The first-order valence-electron chi connectivity index (χ1n) is 11.5. The summed E-state index contributed by atoms with van der Waals surface area (Å²) in [5.41, 5.74) is 1.13. The number of imide groups is 1. The van der Waals surface area contributed by atoms with Crippen LogP contribution in [0.3, 0.4) is 0 Å². The summed E-state index contributed by atoms with van der Waals surface area (Å²) in [6, 6.07) is 25.1. The number of esters is 1. The molecule has 2 amide bonds. The fraction of sp³-hybridized carbons (Fsp3) is 0.0690. The maximum Gasteiger partial charge on any atom is 0.344 e. The van der Waals surface area contributed by atoms with Crippen molar-refractivity contribution >= 4 is 73.3 Å². The van der Waals surface area contributed by atoms with E-state index in [0.717, 1.165) is 27.4 Å². The molecular formula is C29H19BrClNO5S. The number of ether oxygens (including phenoxy) is 2. The molecule has 1 aliphatic rings. The molecule has 1 aliphatic heterocycles. The van der Waals surface area contributed by atoms with Gasteiger partial charge in [0.1, 0.15) is 18.1 Å². The zero-order chi connectivity index (χ0) is 26.6. The quantitative estimate of drug-likeness (QED) is 0.122. The Kier molecular flexibility index (Phi) is 7.83. The maximum atomic E-state index is 12.9. The van der Waals surface area contributed by atoms with E-state index in [2.05, 4.69) is 15.9 Å². The Labute approximate surface area is 236 Å². The Morgan fingerprint density at radius 1 is 0.947 bits per heavy atom. The third-order valence-corrected chi connectivity index (χ3v) is 7.59. The van der Waals surface area contributed by atoms with E-state index in [1.807, 2.05) is 36.4 Å². The molecule has 5 rings (SSSR count). The highest BCUT2D eigenvalue weighted by Gasteiger charge is 2.34. The zero-order valence-electron chi connectivity index (χ0n) is 19.7. The van der Waals surface area contributed by atoms with Crippen LogP contribution in [0.1, 0.15) is 15.9 Å². The third-order valence-electron chi connectivity index (χ3n) is 5.75. The Morgan fingerprint density at radius 2 is 1.71 bits per heavy atom. The van der Waals surface area contributed by atoms with Gasteiger partial charge in [-0.1, -0.05) is 66.2 Å². The smallest absolute Gasteiger partial charge is 0.344 e. The van der Waals surface area contributed by atoms with Gasteiger partial charge < -0.3 is 9.47 Å². The predicted octanol–water partition coefficient (Wildman–Crippen LogP) is 7.59. The van der Waals surface area contributed by atoms with Crippen molar-refractivity contribution in [1.29, 1.82) is 0 Å². The number of rotatable bonds is 7. The molecule has 1 heterocycles. The first-order valence-corrected chi connectivity index (χ1v) is 13.5. The molecular weight excluding hydrogens is 590 g/mol. The standard InChI is InChI=1S/C29H19BrClNO5S/c30-22-16-18(12-13-24(22)37-28(34)21-9-5-7-19-6-1-2-8-20(19)21)17-26-27(33)32(29(35)38-26)14-15-36-25-11-4-3-10-23(25)31/h1-13,16-17H,14-15H2/b26-17-. The highest BCUT2D eigenvalue weighted by molar-refractivity contribution is 9.10. The zero-order valence-corrected chi connectivity index (χ0v) is 22.9. The lowest BCUT2D eigenvalue weighted by Gasteiger charge is -2.13. The van der Waals surface area contributed by atoms with Crippen LogP contribution in [0, 0.1) is 0 Å². The normalized spacial score (nSPS) is 14.4. The molecule has 190 valence electrons. The fourth-order valence-corrected chi connectivity index (χ4v) is 5.43. The number of hydrogen-bond acceptors (Lipinski definition) is 6. The topological polar surface area (TPSA) is 72.9 Å². The summed E-state index contributed by atoms with van der Waals surface area (Å²) in [5.74, 6) is -0.0478. The maximum absolute atomic E-state index is 12.9. The number of hydrogen-bond donors (Lipinski definition) is 0. The second-order valence-electron chi connectivity index (χ2n) is 8.22. The Hall–Kier alpha value is -3.59. The van der Waals surface area contributed by atoms with Gasteiger partial charge in [0.15, 0.2) is 0 Å². The highest BCUT2D eigenvalue weighted by atomic mass is 79.9. The summed E-state index contributed by atoms with van der Waals surface area (Å²) in [5, 5.41) is 1.84. The molecule has 38 heavy (non-hydrogen) atoms. The lowest BCUT2D eigenvalue weighted by Crippen LogP contribution is -2.32. The van der Waals surface area contributed by atoms with Crippen molar-refractivity contribution in [2.45, 2.75) is 0 Å². The van der Waals surface area contributed by atoms with Gasteiger partial charge in [-0.2, -0.15) is 0 Å². The van der Waals surface area contributed by atoms with E-state index in [4.69, 9.17) is 21.1 Å². The summed E-state index contributed by atoms with van der Waals surface area (Å²) in [6.07, 6.45) is 1.63. The van der Waals surface area contributed by atoms with Crippen molar-refractivity contribution in [2.24, 2.45) is 0 Å². The van der Waals surface area contributed by atoms with Crippen molar-refractivity contribution in [3.05, 3.63) is 110 Å². The molecule has 0 spiro atoms. The lowest BCUT2D eigenvalue weighted by molar-refractivity contribution is -0.123. The molecule has 4 aromatic rings. The number of thioether (sulfide) groups is 1. The number of fused-ring (bicyclic) bond motifs is 1. The molecule has 1 fully saturated rings. The largest absolute Gasteiger partial charge is 0.490 e. The Balaban J connectivity index is 1.25. The lowest BCUT2D eigenvalue weighted by atomic mass is 10.0. The number of carbonyl (C=O) groups excluding carboxylic acids is 3. The molecule has 0 aromatic heterocycles. The van der Waals surface area contributed by atoms with E-state index < -0.39 is 11.9 Å². The third kappa shape index (κ3) is 5.62. The summed E-state index contributed by atoms with van der Waals surface area (Å²) in [4.78, 5) is 39.6. The van der Waals surface area contributed by atoms with Gasteiger partial charge in [-0.3, -0.25) is 14.5 Å². The first kappa shape index (κ1) is 26.0. The van der Waals surface area contributed by atoms with Crippen LogP contribution in [-0.4, -0.2) is 35.2 Å². The molecule has 0 atom stereocenters. The van der Waals surface area contributed by atoms with Crippen molar-refractivity contribution < 1.29 is 23.9 Å². The Bertz CT molecular complexity index is 1600. The van der Waals surface area contributed by atoms with Gasteiger partial charge in [0.25, 0.3) is 11.1 Å². The summed E-state index contributed by atoms with van der Waals surface area (Å²) in [7, 11) is 0. The minimum Gasteiger partial charge on any atom is -0.490 e. The van der Waals surface area contributed by atoms with Crippen molar-refractivity contribution in [2.75, 3.05) is 13.2 Å². The number of amides is 2. The molecule has 0 radical (unpaired) electrons. The molecule has 0 N–H and O–H groups in total. The molecule has 4 aromatic carbocycles. The second kappa shape index (κ2) is 11.4.